The van der Waals surface area contributed by atoms with Crippen LogP contribution in [0.15, 0.2) is 54.0 Å². The molecule has 0 spiro atoms. The van der Waals surface area contributed by atoms with Crippen molar-refractivity contribution in [2.45, 2.75) is 6.04 Å². The predicted octanol–water partition coefficient (Wildman–Crippen LogP) is 3.25. The van der Waals surface area contributed by atoms with Crippen LogP contribution in [0.5, 0.6) is 5.75 Å². The maximum atomic E-state index is 5.28. The summed E-state index contributed by atoms with van der Waals surface area (Å²) in [5, 5.41) is 9.84. The minimum Gasteiger partial charge on any atom is -0.496 e. The molecule has 0 saturated heterocycles. The summed E-state index contributed by atoms with van der Waals surface area (Å²) in [5.41, 5.74) is 2.16. The lowest BCUT2D eigenvalue weighted by Gasteiger charge is -2.16. The average Bonchev–Trinajstić information content (AvgIpc) is 3.19. The van der Waals surface area contributed by atoms with Crippen molar-refractivity contribution >= 4 is 11.3 Å². The van der Waals surface area contributed by atoms with Crippen molar-refractivity contribution in [3.63, 3.8) is 0 Å². The summed E-state index contributed by atoms with van der Waals surface area (Å²) >= 11 is 1.68. The topological polar surface area (TPSA) is 39.1 Å². The molecule has 108 valence electrons. The smallest absolute Gasteiger partial charge is 0.129 e. The monoisotopic (exact) mass is 299 g/mol. The molecule has 0 aliphatic rings. The quantitative estimate of drug-likeness (QED) is 0.786. The number of hydrogen-bond acceptors (Lipinski definition) is 4. The molecule has 0 aliphatic carbocycles. The van der Waals surface area contributed by atoms with Crippen molar-refractivity contribution in [1.82, 2.24) is 15.1 Å². The fourth-order valence-electron chi connectivity index (χ4n) is 2.35. The van der Waals surface area contributed by atoms with Crippen molar-refractivity contribution in [1.29, 1.82) is 0 Å². The molecule has 1 N–H and O–H groups in total. The lowest BCUT2D eigenvalue weighted by molar-refractivity contribution is 0.416. The van der Waals surface area contributed by atoms with Gasteiger partial charge in [0.2, 0.25) is 0 Å². The van der Waals surface area contributed by atoms with Crippen LogP contribution in [-0.2, 0) is 0 Å². The van der Waals surface area contributed by atoms with E-state index in [0.29, 0.717) is 0 Å². The second-order valence-corrected chi connectivity index (χ2v) is 5.56. The number of ether oxygens (including phenoxy) is 1. The van der Waals surface area contributed by atoms with Gasteiger partial charge in [-0.3, -0.25) is 0 Å². The summed E-state index contributed by atoms with van der Waals surface area (Å²) in [6.07, 6.45) is 1.83. The molecule has 4 nitrogen and oxygen atoms in total. The van der Waals surface area contributed by atoms with E-state index in [4.69, 9.17) is 4.74 Å². The predicted molar refractivity (Wildman–Crippen MR) is 85.3 cm³/mol. The van der Waals surface area contributed by atoms with Gasteiger partial charge in [-0.2, -0.15) is 5.10 Å². The minimum absolute atomic E-state index is 0.0848. The number of nitrogens with zero attached hydrogens (tertiary/aromatic N) is 2. The molecule has 0 aliphatic heterocycles. The van der Waals surface area contributed by atoms with Crippen LogP contribution in [-0.4, -0.2) is 23.9 Å². The molecule has 2 heterocycles. The van der Waals surface area contributed by atoms with Gasteiger partial charge < -0.3 is 10.1 Å². The third-order valence-corrected chi connectivity index (χ3v) is 4.35. The first-order chi connectivity index (χ1) is 10.3. The van der Waals surface area contributed by atoms with E-state index in [0.717, 1.165) is 17.1 Å². The lowest BCUT2D eigenvalue weighted by Crippen LogP contribution is -2.20. The molecule has 0 saturated carbocycles. The zero-order valence-electron chi connectivity index (χ0n) is 12.0. The van der Waals surface area contributed by atoms with Gasteiger partial charge in [-0.1, -0.05) is 18.2 Å². The molecular formula is C16H17N3OS. The Morgan fingerprint density at radius 3 is 2.71 bits per heavy atom. The molecule has 0 radical (unpaired) electrons. The number of thiophene rings is 1. The molecule has 1 unspecified atom stereocenters. The maximum absolute atomic E-state index is 5.28. The molecule has 5 heteroatoms. The highest BCUT2D eigenvalue weighted by Crippen LogP contribution is 2.31. The Morgan fingerprint density at radius 2 is 2.05 bits per heavy atom. The summed E-state index contributed by atoms with van der Waals surface area (Å²) in [6, 6.07) is 14.3. The summed E-state index contributed by atoms with van der Waals surface area (Å²) in [4.78, 5) is 1.20. The third kappa shape index (κ3) is 2.70. The first-order valence-electron chi connectivity index (χ1n) is 6.72. The van der Waals surface area contributed by atoms with E-state index in [2.05, 4.69) is 28.6 Å². The molecule has 0 amide bonds. The van der Waals surface area contributed by atoms with Gasteiger partial charge in [0.15, 0.2) is 0 Å². The minimum atomic E-state index is 0.0848. The van der Waals surface area contributed by atoms with Gasteiger partial charge >= 0.3 is 0 Å². The van der Waals surface area contributed by atoms with E-state index in [9.17, 15) is 0 Å². The number of hydrogen-bond donors (Lipinski definition) is 1. The van der Waals surface area contributed by atoms with Crippen molar-refractivity contribution in [2.24, 2.45) is 0 Å². The van der Waals surface area contributed by atoms with Gasteiger partial charge in [0.1, 0.15) is 5.75 Å². The number of aromatic nitrogens is 2. The molecule has 0 fully saturated rings. The van der Waals surface area contributed by atoms with Crippen molar-refractivity contribution in [3.8, 4) is 11.4 Å². The Balaban J connectivity index is 2.01. The number of methoxy groups -OCH3 is 1. The van der Waals surface area contributed by atoms with Crippen LogP contribution in [0.3, 0.4) is 0 Å². The zero-order chi connectivity index (χ0) is 14.7. The SMILES string of the molecule is CNC(c1cc(OC)cs1)c1ccnn1-c1ccccc1. The standard InChI is InChI=1S/C16H17N3OS/c1-17-16(15-10-13(20-2)11-21-15)14-8-9-18-19(14)12-6-4-3-5-7-12/h3-11,16-17H,1-2H3. The summed E-state index contributed by atoms with van der Waals surface area (Å²) in [5.74, 6) is 0.890. The number of para-hydroxylation sites is 1. The average molecular weight is 299 g/mol. The molecule has 1 atom stereocenters. The third-order valence-electron chi connectivity index (χ3n) is 3.37. The van der Waals surface area contributed by atoms with Gasteiger partial charge in [-0.05, 0) is 31.3 Å². The molecule has 3 rings (SSSR count). The largest absolute Gasteiger partial charge is 0.496 e. The van der Waals surface area contributed by atoms with Gasteiger partial charge in [-0.15, -0.1) is 11.3 Å². The summed E-state index contributed by atoms with van der Waals surface area (Å²) in [6.45, 7) is 0. The number of benzene rings is 1. The van der Waals surface area contributed by atoms with Gasteiger partial charge in [0, 0.05) is 16.5 Å². The van der Waals surface area contributed by atoms with E-state index < -0.39 is 0 Å². The molecular weight excluding hydrogens is 282 g/mol. The molecule has 3 aromatic rings. The van der Waals surface area contributed by atoms with Crippen molar-refractivity contribution < 1.29 is 4.74 Å². The summed E-state index contributed by atoms with van der Waals surface area (Å²) < 4.78 is 7.25. The number of rotatable bonds is 5. The highest BCUT2D eigenvalue weighted by atomic mass is 32.1. The van der Waals surface area contributed by atoms with Crippen molar-refractivity contribution in [2.75, 3.05) is 14.2 Å². The Labute approximate surface area is 128 Å². The van der Waals surface area contributed by atoms with Crippen LogP contribution in [0.4, 0.5) is 0 Å². The van der Waals surface area contributed by atoms with Crippen LogP contribution in [0, 0.1) is 0 Å². The molecule has 2 aromatic heterocycles. The molecule has 0 bridgehead atoms. The van der Waals surface area contributed by atoms with E-state index in [1.54, 1.807) is 18.4 Å². The van der Waals surface area contributed by atoms with Crippen LogP contribution < -0.4 is 10.1 Å². The fourth-order valence-corrected chi connectivity index (χ4v) is 3.32. The second kappa shape index (κ2) is 6.11. The van der Waals surface area contributed by atoms with Crippen LogP contribution >= 0.6 is 11.3 Å². The first-order valence-corrected chi connectivity index (χ1v) is 7.60. The van der Waals surface area contributed by atoms with E-state index in [1.807, 2.05) is 47.6 Å². The molecule has 1 aromatic carbocycles. The van der Waals surface area contributed by atoms with Crippen LogP contribution in [0.2, 0.25) is 0 Å². The Hall–Kier alpha value is -2.11. The normalized spacial score (nSPS) is 12.3. The van der Waals surface area contributed by atoms with Gasteiger partial charge in [0.05, 0.1) is 24.5 Å². The Kier molecular flexibility index (Phi) is 4.03. The first kappa shape index (κ1) is 13.9. The van der Waals surface area contributed by atoms with E-state index in [-0.39, 0.29) is 6.04 Å². The van der Waals surface area contributed by atoms with Gasteiger partial charge in [-0.25, -0.2) is 4.68 Å². The van der Waals surface area contributed by atoms with Crippen LogP contribution in [0.25, 0.3) is 5.69 Å². The maximum Gasteiger partial charge on any atom is 0.129 e. The van der Waals surface area contributed by atoms with E-state index >= 15 is 0 Å². The van der Waals surface area contributed by atoms with E-state index in [1.165, 1.54) is 4.88 Å². The number of nitrogens with one attached hydrogen (secondary N) is 1. The second-order valence-electron chi connectivity index (χ2n) is 4.61. The lowest BCUT2D eigenvalue weighted by atomic mass is 10.1. The van der Waals surface area contributed by atoms with Crippen molar-refractivity contribution in [3.05, 3.63) is 64.6 Å². The van der Waals surface area contributed by atoms with Gasteiger partial charge in [0.25, 0.3) is 0 Å². The fraction of sp³-hybridized carbons (Fsp3) is 0.188. The van der Waals surface area contributed by atoms with Crippen LogP contribution in [0.1, 0.15) is 16.6 Å². The summed E-state index contributed by atoms with van der Waals surface area (Å²) in [7, 11) is 3.65. The Bertz CT molecular complexity index is 705. The molecule has 21 heavy (non-hydrogen) atoms. The highest BCUT2D eigenvalue weighted by molar-refractivity contribution is 7.10. The zero-order valence-corrected chi connectivity index (χ0v) is 12.8. The highest BCUT2D eigenvalue weighted by Gasteiger charge is 2.19. The Morgan fingerprint density at radius 1 is 1.24 bits per heavy atom.